The molecule has 2 aromatic rings. The van der Waals surface area contributed by atoms with Gasteiger partial charge in [-0.25, -0.2) is 0 Å². The summed E-state index contributed by atoms with van der Waals surface area (Å²) < 4.78 is 16.6. The van der Waals surface area contributed by atoms with Crippen molar-refractivity contribution in [3.05, 3.63) is 48.0 Å². The van der Waals surface area contributed by atoms with Gasteiger partial charge in [0.1, 0.15) is 5.75 Å². The molecule has 0 atom stereocenters. The molecule has 0 aliphatic carbocycles. The lowest BCUT2D eigenvalue weighted by atomic mass is 10.1. The van der Waals surface area contributed by atoms with Crippen LogP contribution in [0.4, 0.5) is 5.69 Å². The maximum Gasteiger partial charge on any atom is 0.255 e. The van der Waals surface area contributed by atoms with Crippen LogP contribution in [0.15, 0.2) is 42.5 Å². The molecular weight excluding hydrogens is 306 g/mol. The smallest absolute Gasteiger partial charge is 0.255 e. The average Bonchev–Trinajstić information content (AvgIpc) is 2.59. The van der Waals surface area contributed by atoms with Gasteiger partial charge in [0.2, 0.25) is 0 Å². The molecule has 2 rings (SSSR count). The van der Waals surface area contributed by atoms with Gasteiger partial charge in [-0.15, -0.1) is 0 Å². The van der Waals surface area contributed by atoms with Gasteiger partial charge < -0.3 is 19.5 Å². The third kappa shape index (κ3) is 4.41. The summed E-state index contributed by atoms with van der Waals surface area (Å²) in [7, 11) is 0. The molecule has 0 aromatic heterocycles. The van der Waals surface area contributed by atoms with Crippen molar-refractivity contribution in [3.63, 3.8) is 0 Å². The van der Waals surface area contributed by atoms with E-state index in [1.807, 2.05) is 39.0 Å². The van der Waals surface area contributed by atoms with E-state index in [1.54, 1.807) is 24.3 Å². The zero-order valence-electron chi connectivity index (χ0n) is 14.3. The Hall–Kier alpha value is -2.69. The largest absolute Gasteiger partial charge is 0.492 e. The summed E-state index contributed by atoms with van der Waals surface area (Å²) in [6.07, 6.45) is 0. The molecule has 0 bridgehead atoms. The summed E-state index contributed by atoms with van der Waals surface area (Å²) >= 11 is 0. The number of benzene rings is 2. The number of carbonyl (C=O) groups excluding carboxylic acids is 1. The van der Waals surface area contributed by atoms with Crippen LogP contribution in [-0.4, -0.2) is 25.7 Å². The highest BCUT2D eigenvalue weighted by atomic mass is 16.5. The predicted molar refractivity (Wildman–Crippen MR) is 94.3 cm³/mol. The highest BCUT2D eigenvalue weighted by Gasteiger charge is 2.13. The Kier molecular flexibility index (Phi) is 6.49. The first-order valence-corrected chi connectivity index (χ1v) is 8.12. The van der Waals surface area contributed by atoms with E-state index in [1.165, 1.54) is 0 Å². The van der Waals surface area contributed by atoms with E-state index >= 15 is 0 Å². The fraction of sp³-hybridized carbons (Fsp3) is 0.316. The fourth-order valence-electron chi connectivity index (χ4n) is 2.24. The second-order valence-electron chi connectivity index (χ2n) is 4.91. The van der Waals surface area contributed by atoms with Gasteiger partial charge in [0, 0.05) is 5.56 Å². The van der Waals surface area contributed by atoms with Crippen molar-refractivity contribution in [2.45, 2.75) is 20.8 Å². The van der Waals surface area contributed by atoms with E-state index in [4.69, 9.17) is 14.2 Å². The first-order chi connectivity index (χ1) is 11.7. The second kappa shape index (κ2) is 8.82. The van der Waals surface area contributed by atoms with Gasteiger partial charge in [-0.1, -0.05) is 12.1 Å². The minimum atomic E-state index is -0.230. The highest BCUT2D eigenvalue weighted by Crippen LogP contribution is 2.30. The first kappa shape index (κ1) is 17.7. The number of anilines is 1. The minimum absolute atomic E-state index is 0.230. The van der Waals surface area contributed by atoms with Crippen molar-refractivity contribution in [2.75, 3.05) is 25.1 Å². The molecule has 5 nitrogen and oxygen atoms in total. The molecule has 0 aliphatic rings. The molecule has 0 saturated heterocycles. The van der Waals surface area contributed by atoms with Gasteiger partial charge in [-0.2, -0.15) is 0 Å². The van der Waals surface area contributed by atoms with Crippen LogP contribution >= 0.6 is 0 Å². The molecule has 128 valence electrons. The van der Waals surface area contributed by atoms with E-state index in [-0.39, 0.29) is 5.91 Å². The Morgan fingerprint density at radius 3 is 2.17 bits per heavy atom. The van der Waals surface area contributed by atoms with E-state index in [2.05, 4.69) is 5.32 Å². The van der Waals surface area contributed by atoms with Crippen molar-refractivity contribution in [2.24, 2.45) is 0 Å². The molecule has 0 fully saturated rings. The lowest BCUT2D eigenvalue weighted by Gasteiger charge is -2.14. The van der Waals surface area contributed by atoms with Gasteiger partial charge in [0.05, 0.1) is 25.5 Å². The van der Waals surface area contributed by atoms with E-state index in [9.17, 15) is 4.79 Å². The summed E-state index contributed by atoms with van der Waals surface area (Å²) in [5.41, 5.74) is 1.13. The van der Waals surface area contributed by atoms with Gasteiger partial charge >= 0.3 is 0 Å². The Labute approximate surface area is 142 Å². The van der Waals surface area contributed by atoms with Crippen molar-refractivity contribution in [3.8, 4) is 17.2 Å². The van der Waals surface area contributed by atoms with Crippen LogP contribution in [0.1, 0.15) is 31.1 Å². The molecule has 1 N–H and O–H groups in total. The highest BCUT2D eigenvalue weighted by molar-refractivity contribution is 6.05. The van der Waals surface area contributed by atoms with Crippen LogP contribution in [0.3, 0.4) is 0 Å². The maximum absolute atomic E-state index is 12.5. The Morgan fingerprint density at radius 2 is 1.46 bits per heavy atom. The molecule has 0 heterocycles. The monoisotopic (exact) mass is 329 g/mol. The van der Waals surface area contributed by atoms with Gasteiger partial charge in [0.15, 0.2) is 11.5 Å². The van der Waals surface area contributed by atoms with Gasteiger partial charge in [0.25, 0.3) is 5.91 Å². The second-order valence-corrected chi connectivity index (χ2v) is 4.91. The van der Waals surface area contributed by atoms with Gasteiger partial charge in [-0.05, 0) is 51.1 Å². The molecule has 2 aromatic carbocycles. The topological polar surface area (TPSA) is 56.8 Å². The van der Waals surface area contributed by atoms with Crippen LogP contribution in [0.25, 0.3) is 0 Å². The molecule has 0 unspecified atom stereocenters. The molecular formula is C19H23NO4. The number of hydrogen-bond donors (Lipinski definition) is 1. The van der Waals surface area contributed by atoms with E-state index in [0.717, 1.165) is 0 Å². The SMILES string of the molecule is CCOc1ccccc1NC(=O)c1ccc(OCC)c(OCC)c1. The molecule has 1 amide bonds. The molecule has 0 spiro atoms. The van der Waals surface area contributed by atoms with Crippen LogP contribution in [0, 0.1) is 0 Å². The van der Waals surface area contributed by atoms with Crippen LogP contribution in [-0.2, 0) is 0 Å². The molecule has 24 heavy (non-hydrogen) atoms. The van der Waals surface area contributed by atoms with Gasteiger partial charge in [-0.3, -0.25) is 4.79 Å². The third-order valence-corrected chi connectivity index (χ3v) is 3.24. The van der Waals surface area contributed by atoms with Crippen molar-refractivity contribution >= 4 is 11.6 Å². The van der Waals surface area contributed by atoms with E-state index < -0.39 is 0 Å². The normalized spacial score (nSPS) is 10.1. The van der Waals surface area contributed by atoms with Crippen LogP contribution in [0.2, 0.25) is 0 Å². The summed E-state index contributed by atoms with van der Waals surface area (Å²) in [5, 5.41) is 2.87. The average molecular weight is 329 g/mol. The number of hydrogen-bond acceptors (Lipinski definition) is 4. The Balaban J connectivity index is 2.22. The number of amides is 1. The Morgan fingerprint density at radius 1 is 0.833 bits per heavy atom. The van der Waals surface area contributed by atoms with E-state index in [0.29, 0.717) is 48.3 Å². The van der Waals surface area contributed by atoms with Crippen molar-refractivity contribution < 1.29 is 19.0 Å². The summed E-state index contributed by atoms with van der Waals surface area (Å²) in [6, 6.07) is 12.5. The quantitative estimate of drug-likeness (QED) is 0.791. The number of para-hydroxylation sites is 2. The summed E-state index contributed by atoms with van der Waals surface area (Å²) in [4.78, 5) is 12.5. The maximum atomic E-state index is 12.5. The number of rotatable bonds is 8. The molecule has 0 aliphatic heterocycles. The molecule has 5 heteroatoms. The standard InChI is InChI=1S/C19H23NO4/c1-4-22-16-10-8-7-9-15(16)20-19(21)14-11-12-17(23-5-2)18(13-14)24-6-3/h7-13H,4-6H2,1-3H3,(H,20,21). The van der Waals surface area contributed by atoms with Crippen LogP contribution < -0.4 is 19.5 Å². The fourth-order valence-corrected chi connectivity index (χ4v) is 2.24. The van der Waals surface area contributed by atoms with Crippen molar-refractivity contribution in [1.82, 2.24) is 0 Å². The number of ether oxygens (including phenoxy) is 3. The molecule has 0 saturated carbocycles. The summed E-state index contributed by atoms with van der Waals surface area (Å²) in [6.45, 7) is 7.26. The molecule has 0 radical (unpaired) electrons. The Bertz CT molecular complexity index is 685. The predicted octanol–water partition coefficient (Wildman–Crippen LogP) is 4.14. The minimum Gasteiger partial charge on any atom is -0.492 e. The lowest BCUT2D eigenvalue weighted by molar-refractivity contribution is 0.102. The van der Waals surface area contributed by atoms with Crippen molar-refractivity contribution in [1.29, 1.82) is 0 Å². The lowest BCUT2D eigenvalue weighted by Crippen LogP contribution is -2.13. The van der Waals surface area contributed by atoms with Crippen LogP contribution in [0.5, 0.6) is 17.2 Å². The number of carbonyl (C=O) groups is 1. The zero-order chi connectivity index (χ0) is 17.4. The zero-order valence-corrected chi connectivity index (χ0v) is 14.3. The first-order valence-electron chi connectivity index (χ1n) is 8.12. The summed E-state index contributed by atoms with van der Waals surface area (Å²) in [5.74, 6) is 1.60. The third-order valence-electron chi connectivity index (χ3n) is 3.24. The number of nitrogens with one attached hydrogen (secondary N) is 1.